The van der Waals surface area contributed by atoms with Crippen LogP contribution in [0.5, 0.6) is 0 Å². The molecule has 15 heavy (non-hydrogen) atoms. The highest BCUT2D eigenvalue weighted by Gasteiger charge is 2.06. The number of hydrogen-bond donors (Lipinski definition) is 0. The molecular formula is C15H31. The second kappa shape index (κ2) is 10.5. The summed E-state index contributed by atoms with van der Waals surface area (Å²) in [4.78, 5) is 0. The Kier molecular flexibility index (Phi) is 10.5. The molecule has 0 heterocycles. The molecule has 0 heteroatoms. The Labute approximate surface area is 97.8 Å². The standard InChI is InChI=1S/C15H31/c1-5-7-8-9-10-11-12-15(4)13-14(3)6-2/h14-15H,1,5-13H2,2-4H3. The van der Waals surface area contributed by atoms with E-state index in [1.54, 1.807) is 0 Å². The Morgan fingerprint density at radius 3 is 2.07 bits per heavy atom. The Morgan fingerprint density at radius 1 is 0.867 bits per heavy atom. The van der Waals surface area contributed by atoms with E-state index in [-0.39, 0.29) is 0 Å². The number of rotatable bonds is 10. The lowest BCUT2D eigenvalue weighted by atomic mass is 9.91. The lowest BCUT2D eigenvalue weighted by Gasteiger charge is -2.15. The van der Waals surface area contributed by atoms with Gasteiger partial charge in [0.2, 0.25) is 0 Å². The van der Waals surface area contributed by atoms with Gasteiger partial charge in [-0.15, -0.1) is 0 Å². The van der Waals surface area contributed by atoms with Crippen molar-refractivity contribution >= 4 is 0 Å². The van der Waals surface area contributed by atoms with Crippen molar-refractivity contribution in [3.05, 3.63) is 6.92 Å². The van der Waals surface area contributed by atoms with Crippen molar-refractivity contribution in [3.63, 3.8) is 0 Å². The Balaban J connectivity index is 3.20. The summed E-state index contributed by atoms with van der Waals surface area (Å²) in [6, 6.07) is 0. The maximum Gasteiger partial charge on any atom is -0.0440 e. The van der Waals surface area contributed by atoms with Gasteiger partial charge in [-0.25, -0.2) is 0 Å². The van der Waals surface area contributed by atoms with Crippen LogP contribution in [0.15, 0.2) is 0 Å². The highest BCUT2D eigenvalue weighted by molar-refractivity contribution is 4.59. The number of unbranched alkanes of at least 4 members (excludes halogenated alkanes) is 5. The predicted octanol–water partition coefficient (Wildman–Crippen LogP) is 5.62. The minimum Gasteiger partial charge on any atom is -0.0651 e. The third-order valence-electron chi connectivity index (χ3n) is 3.45. The predicted molar refractivity (Wildman–Crippen MR) is 70.9 cm³/mol. The molecule has 91 valence electrons. The van der Waals surface area contributed by atoms with Crippen LogP contribution < -0.4 is 0 Å². The third kappa shape index (κ3) is 10.3. The van der Waals surface area contributed by atoms with Crippen molar-refractivity contribution in [2.24, 2.45) is 11.8 Å². The summed E-state index contributed by atoms with van der Waals surface area (Å²) in [6.45, 7) is 11.0. The van der Waals surface area contributed by atoms with Gasteiger partial charge in [0.1, 0.15) is 0 Å². The molecule has 0 bridgehead atoms. The van der Waals surface area contributed by atoms with Gasteiger partial charge in [-0.2, -0.15) is 0 Å². The Hall–Kier alpha value is 0. The van der Waals surface area contributed by atoms with Gasteiger partial charge in [-0.1, -0.05) is 79.1 Å². The van der Waals surface area contributed by atoms with Crippen LogP contribution in [-0.2, 0) is 0 Å². The van der Waals surface area contributed by atoms with E-state index in [9.17, 15) is 0 Å². The average Bonchev–Trinajstić information content (AvgIpc) is 2.23. The molecule has 0 saturated carbocycles. The van der Waals surface area contributed by atoms with E-state index in [1.807, 2.05) is 0 Å². The normalized spacial score (nSPS) is 15.2. The van der Waals surface area contributed by atoms with E-state index in [0.29, 0.717) is 0 Å². The monoisotopic (exact) mass is 211 g/mol. The third-order valence-corrected chi connectivity index (χ3v) is 3.45. The first-order valence-corrected chi connectivity index (χ1v) is 6.99. The summed E-state index contributed by atoms with van der Waals surface area (Å²) in [5.74, 6) is 1.86. The van der Waals surface area contributed by atoms with Crippen LogP contribution in [0.3, 0.4) is 0 Å². The van der Waals surface area contributed by atoms with Crippen LogP contribution in [-0.4, -0.2) is 0 Å². The molecule has 2 unspecified atom stereocenters. The molecule has 0 aliphatic rings. The van der Waals surface area contributed by atoms with Crippen LogP contribution >= 0.6 is 0 Å². The molecule has 0 fully saturated rings. The zero-order chi connectivity index (χ0) is 11.5. The van der Waals surface area contributed by atoms with Gasteiger partial charge < -0.3 is 0 Å². The fourth-order valence-corrected chi connectivity index (χ4v) is 2.17. The highest BCUT2D eigenvalue weighted by atomic mass is 14.1. The first-order valence-electron chi connectivity index (χ1n) is 6.99. The van der Waals surface area contributed by atoms with Crippen LogP contribution in [0.1, 0.15) is 78.6 Å². The van der Waals surface area contributed by atoms with E-state index in [2.05, 4.69) is 27.7 Å². The summed E-state index contributed by atoms with van der Waals surface area (Å²) in [7, 11) is 0. The molecule has 0 aromatic rings. The summed E-state index contributed by atoms with van der Waals surface area (Å²) >= 11 is 0. The van der Waals surface area contributed by atoms with Crippen molar-refractivity contribution in [2.75, 3.05) is 0 Å². The maximum atomic E-state index is 3.87. The minimum absolute atomic E-state index is 0.922. The lowest BCUT2D eigenvalue weighted by Crippen LogP contribution is -2.02. The fraction of sp³-hybridized carbons (Fsp3) is 0.933. The first kappa shape index (κ1) is 15.0. The summed E-state index contributed by atoms with van der Waals surface area (Å²) in [5.41, 5.74) is 0. The van der Waals surface area contributed by atoms with Gasteiger partial charge in [0.15, 0.2) is 0 Å². The van der Waals surface area contributed by atoms with Crippen LogP contribution in [0, 0.1) is 18.8 Å². The van der Waals surface area contributed by atoms with Crippen molar-refractivity contribution in [2.45, 2.75) is 78.6 Å². The van der Waals surface area contributed by atoms with Crippen LogP contribution in [0.2, 0.25) is 0 Å². The van der Waals surface area contributed by atoms with E-state index in [1.165, 1.54) is 51.4 Å². The zero-order valence-corrected chi connectivity index (χ0v) is 11.2. The largest absolute Gasteiger partial charge is 0.0651 e. The van der Waals surface area contributed by atoms with Crippen molar-refractivity contribution in [3.8, 4) is 0 Å². The highest BCUT2D eigenvalue weighted by Crippen LogP contribution is 2.20. The molecule has 0 saturated heterocycles. The first-order chi connectivity index (χ1) is 7.20. The molecular weight excluding hydrogens is 180 g/mol. The van der Waals surface area contributed by atoms with Gasteiger partial charge in [-0.05, 0) is 18.3 Å². The van der Waals surface area contributed by atoms with Crippen molar-refractivity contribution in [1.82, 2.24) is 0 Å². The molecule has 0 aliphatic carbocycles. The quantitative estimate of drug-likeness (QED) is 0.411. The van der Waals surface area contributed by atoms with Crippen molar-refractivity contribution in [1.29, 1.82) is 0 Å². The summed E-state index contributed by atoms with van der Waals surface area (Å²) < 4.78 is 0. The molecule has 0 aromatic carbocycles. The van der Waals surface area contributed by atoms with E-state index < -0.39 is 0 Å². The smallest absolute Gasteiger partial charge is 0.0440 e. The van der Waals surface area contributed by atoms with Crippen LogP contribution in [0.4, 0.5) is 0 Å². The van der Waals surface area contributed by atoms with Crippen molar-refractivity contribution < 1.29 is 0 Å². The molecule has 0 spiro atoms. The molecule has 0 nitrogen and oxygen atoms in total. The molecule has 0 aliphatic heterocycles. The van der Waals surface area contributed by atoms with Crippen LogP contribution in [0.25, 0.3) is 0 Å². The molecule has 0 amide bonds. The summed E-state index contributed by atoms with van der Waals surface area (Å²) in [6.07, 6.45) is 12.3. The lowest BCUT2D eigenvalue weighted by molar-refractivity contribution is 0.374. The fourth-order valence-electron chi connectivity index (χ4n) is 2.17. The minimum atomic E-state index is 0.922. The maximum absolute atomic E-state index is 3.87. The van der Waals surface area contributed by atoms with E-state index in [0.717, 1.165) is 18.3 Å². The second-order valence-electron chi connectivity index (χ2n) is 5.26. The molecule has 0 N–H and O–H groups in total. The Bertz CT molecular complexity index is 117. The average molecular weight is 211 g/mol. The van der Waals surface area contributed by atoms with Gasteiger partial charge in [0.05, 0.1) is 0 Å². The zero-order valence-electron chi connectivity index (χ0n) is 11.2. The topological polar surface area (TPSA) is 0 Å². The molecule has 0 aromatic heterocycles. The van der Waals surface area contributed by atoms with Gasteiger partial charge in [0.25, 0.3) is 0 Å². The van der Waals surface area contributed by atoms with E-state index in [4.69, 9.17) is 0 Å². The Morgan fingerprint density at radius 2 is 1.47 bits per heavy atom. The molecule has 1 radical (unpaired) electrons. The summed E-state index contributed by atoms with van der Waals surface area (Å²) in [5, 5.41) is 0. The van der Waals surface area contributed by atoms with Gasteiger partial charge in [0, 0.05) is 0 Å². The molecule has 2 atom stereocenters. The van der Waals surface area contributed by atoms with Gasteiger partial charge in [-0.3, -0.25) is 0 Å². The van der Waals surface area contributed by atoms with Gasteiger partial charge >= 0.3 is 0 Å². The SMILES string of the molecule is [CH2]CCCCCCCC(C)CC(C)CC. The molecule has 0 rings (SSSR count). The number of hydrogen-bond acceptors (Lipinski definition) is 0. The second-order valence-corrected chi connectivity index (χ2v) is 5.26. The van der Waals surface area contributed by atoms with E-state index >= 15 is 0 Å².